The van der Waals surface area contributed by atoms with Crippen molar-refractivity contribution in [2.75, 3.05) is 26.7 Å². The molecule has 1 atom stereocenters. The van der Waals surface area contributed by atoms with Gasteiger partial charge in [0.05, 0.1) is 5.56 Å². The van der Waals surface area contributed by atoms with Crippen LogP contribution in [0.1, 0.15) is 23.2 Å². The molecule has 1 aromatic heterocycles. The Hall–Kier alpha value is -1.90. The largest absolute Gasteiger partial charge is 0.471 e. The van der Waals surface area contributed by atoms with E-state index in [2.05, 4.69) is 15.0 Å². The maximum atomic E-state index is 12.8. The van der Waals surface area contributed by atoms with Crippen LogP contribution in [-0.4, -0.2) is 60.9 Å². The van der Waals surface area contributed by atoms with Gasteiger partial charge in [-0.25, -0.2) is 13.8 Å². The molecular weight excluding hydrogens is 330 g/mol. The molecular formula is C15H19F4N3O2. The van der Waals surface area contributed by atoms with E-state index in [9.17, 15) is 22.4 Å². The second-order valence-corrected chi connectivity index (χ2v) is 5.61. The number of piperidine rings is 1. The van der Waals surface area contributed by atoms with Crippen molar-refractivity contribution in [2.45, 2.75) is 31.2 Å². The third-order valence-electron chi connectivity index (χ3n) is 3.83. The first kappa shape index (κ1) is 18.4. The minimum absolute atomic E-state index is 0.216. The number of rotatable bonds is 6. The Morgan fingerprint density at radius 2 is 2.25 bits per heavy atom. The van der Waals surface area contributed by atoms with Crippen LogP contribution >= 0.6 is 0 Å². The van der Waals surface area contributed by atoms with Crippen molar-refractivity contribution in [3.63, 3.8) is 0 Å². The summed E-state index contributed by atoms with van der Waals surface area (Å²) >= 11 is 0. The zero-order chi connectivity index (χ0) is 17.7. The highest BCUT2D eigenvalue weighted by molar-refractivity contribution is 5.94. The Balaban J connectivity index is 1.95. The van der Waals surface area contributed by atoms with Gasteiger partial charge in [0.15, 0.2) is 6.61 Å². The summed E-state index contributed by atoms with van der Waals surface area (Å²) in [5.41, 5.74) is 0.291. The lowest BCUT2D eigenvalue weighted by atomic mass is 10.1. The summed E-state index contributed by atoms with van der Waals surface area (Å²) in [6.45, 7) is -0.259. The van der Waals surface area contributed by atoms with E-state index in [0.29, 0.717) is 18.7 Å². The molecule has 1 aliphatic rings. The second-order valence-electron chi connectivity index (χ2n) is 5.61. The fourth-order valence-electron chi connectivity index (χ4n) is 2.41. The van der Waals surface area contributed by atoms with Gasteiger partial charge in [-0.1, -0.05) is 0 Å². The first-order chi connectivity index (χ1) is 11.3. The molecule has 0 bridgehead atoms. The molecule has 1 amide bonds. The zero-order valence-electron chi connectivity index (χ0n) is 13.1. The van der Waals surface area contributed by atoms with Crippen LogP contribution in [0.15, 0.2) is 18.3 Å². The number of amides is 1. The molecule has 1 aromatic rings. The third-order valence-corrected chi connectivity index (χ3v) is 3.83. The number of aromatic nitrogens is 1. The van der Waals surface area contributed by atoms with E-state index in [1.807, 2.05) is 7.05 Å². The lowest BCUT2D eigenvalue weighted by molar-refractivity contribution is -0.148. The van der Waals surface area contributed by atoms with E-state index in [1.165, 1.54) is 18.3 Å². The van der Waals surface area contributed by atoms with Crippen molar-refractivity contribution < 1.29 is 27.1 Å². The van der Waals surface area contributed by atoms with Crippen molar-refractivity contribution in [2.24, 2.45) is 0 Å². The minimum atomic E-state index is -4.24. The highest BCUT2D eigenvalue weighted by Crippen LogP contribution is 2.24. The summed E-state index contributed by atoms with van der Waals surface area (Å²) in [7, 11) is 1.83. The average molecular weight is 349 g/mol. The first-order valence-electron chi connectivity index (χ1n) is 7.55. The van der Waals surface area contributed by atoms with Crippen molar-refractivity contribution in [1.82, 2.24) is 15.2 Å². The molecule has 1 N–H and O–H groups in total. The fraction of sp³-hybridized carbons (Fsp3) is 0.600. The molecule has 1 unspecified atom stereocenters. The number of likely N-dealkylation sites (N-methyl/N-ethyl adjacent to an activating group) is 1. The second kappa shape index (κ2) is 7.78. The van der Waals surface area contributed by atoms with Crippen LogP contribution in [0.25, 0.3) is 0 Å². The van der Waals surface area contributed by atoms with E-state index in [4.69, 9.17) is 0 Å². The maximum absolute atomic E-state index is 12.8. The number of likely N-dealkylation sites (tertiary alicyclic amines) is 1. The number of pyridine rings is 1. The normalized spacial score (nSPS) is 18.8. The summed E-state index contributed by atoms with van der Waals surface area (Å²) in [6.07, 6.45) is -0.739. The monoisotopic (exact) mass is 349 g/mol. The van der Waals surface area contributed by atoms with Crippen molar-refractivity contribution in [1.29, 1.82) is 0 Å². The van der Waals surface area contributed by atoms with Crippen LogP contribution in [0.2, 0.25) is 0 Å². The third kappa shape index (κ3) is 4.56. The van der Waals surface area contributed by atoms with Crippen LogP contribution in [0.3, 0.4) is 0 Å². The molecule has 0 aliphatic carbocycles. The molecule has 1 saturated heterocycles. The zero-order valence-corrected chi connectivity index (χ0v) is 13.1. The SMILES string of the molecule is CNC1CCCN(C(=O)c2ccc(OCC(F)(F)C(F)F)nc2)C1. The van der Waals surface area contributed by atoms with E-state index in [0.717, 1.165) is 12.8 Å². The van der Waals surface area contributed by atoms with E-state index >= 15 is 0 Å². The predicted octanol–water partition coefficient (Wildman–Crippen LogP) is 2.18. The van der Waals surface area contributed by atoms with Gasteiger partial charge in [0.25, 0.3) is 5.91 Å². The highest BCUT2D eigenvalue weighted by Gasteiger charge is 2.41. The number of carbonyl (C=O) groups is 1. The number of hydrogen-bond acceptors (Lipinski definition) is 4. The Morgan fingerprint density at radius 1 is 1.50 bits per heavy atom. The molecule has 1 aliphatic heterocycles. The number of ether oxygens (including phenoxy) is 1. The van der Waals surface area contributed by atoms with Crippen molar-refractivity contribution in [3.05, 3.63) is 23.9 Å². The van der Waals surface area contributed by atoms with Gasteiger partial charge in [0, 0.05) is 31.4 Å². The number of nitrogens with one attached hydrogen (secondary N) is 1. The molecule has 0 aromatic carbocycles. The molecule has 2 rings (SSSR count). The van der Waals surface area contributed by atoms with Gasteiger partial charge in [0.2, 0.25) is 5.88 Å². The van der Waals surface area contributed by atoms with Gasteiger partial charge < -0.3 is 15.0 Å². The maximum Gasteiger partial charge on any atom is 0.340 e. The molecule has 0 spiro atoms. The van der Waals surface area contributed by atoms with Crippen molar-refractivity contribution >= 4 is 5.91 Å². The van der Waals surface area contributed by atoms with E-state index in [1.54, 1.807) is 4.90 Å². The molecule has 1 fully saturated rings. The smallest absolute Gasteiger partial charge is 0.340 e. The lowest BCUT2D eigenvalue weighted by Crippen LogP contribution is -2.46. The Labute approximate surface area is 137 Å². The minimum Gasteiger partial charge on any atom is -0.471 e. The summed E-state index contributed by atoms with van der Waals surface area (Å²) in [4.78, 5) is 17.8. The predicted molar refractivity (Wildman–Crippen MR) is 78.7 cm³/mol. The van der Waals surface area contributed by atoms with Gasteiger partial charge in [-0.15, -0.1) is 0 Å². The topological polar surface area (TPSA) is 54.5 Å². The molecule has 5 nitrogen and oxygen atoms in total. The van der Waals surface area contributed by atoms with Gasteiger partial charge in [0.1, 0.15) is 0 Å². The highest BCUT2D eigenvalue weighted by atomic mass is 19.3. The number of nitrogens with zero attached hydrogens (tertiary/aromatic N) is 2. The van der Waals surface area contributed by atoms with Crippen LogP contribution in [0, 0.1) is 0 Å². The lowest BCUT2D eigenvalue weighted by Gasteiger charge is -2.32. The summed E-state index contributed by atoms with van der Waals surface area (Å²) < 4.78 is 54.2. The molecule has 0 radical (unpaired) electrons. The molecule has 134 valence electrons. The number of halogens is 4. The van der Waals surface area contributed by atoms with E-state index in [-0.39, 0.29) is 17.8 Å². The van der Waals surface area contributed by atoms with Crippen LogP contribution < -0.4 is 10.1 Å². The number of carbonyl (C=O) groups excluding carboxylic acids is 1. The van der Waals surface area contributed by atoms with Gasteiger partial charge in [-0.3, -0.25) is 4.79 Å². The first-order valence-corrected chi connectivity index (χ1v) is 7.55. The number of alkyl halides is 4. The Morgan fingerprint density at radius 3 is 2.83 bits per heavy atom. The van der Waals surface area contributed by atoms with Crippen molar-refractivity contribution in [3.8, 4) is 5.88 Å². The van der Waals surface area contributed by atoms with Crippen LogP contribution in [-0.2, 0) is 0 Å². The molecule has 2 heterocycles. The standard InChI is InChI=1S/C15H19F4N3O2/c1-20-11-3-2-6-22(8-11)13(23)10-4-5-12(21-7-10)24-9-15(18,19)14(16)17/h4-5,7,11,14,20H,2-3,6,8-9H2,1H3. The quantitative estimate of drug-likeness (QED) is 0.800. The number of hydrogen-bond donors (Lipinski definition) is 1. The summed E-state index contributed by atoms with van der Waals surface area (Å²) in [5, 5.41) is 3.13. The molecule has 24 heavy (non-hydrogen) atoms. The summed E-state index contributed by atoms with van der Waals surface area (Å²) in [5.74, 6) is -4.70. The van der Waals surface area contributed by atoms with Gasteiger partial charge in [-0.2, -0.15) is 8.78 Å². The van der Waals surface area contributed by atoms with Crippen LogP contribution in [0.4, 0.5) is 17.6 Å². The van der Waals surface area contributed by atoms with Crippen LogP contribution in [0.5, 0.6) is 5.88 Å². The van der Waals surface area contributed by atoms with Gasteiger partial charge >= 0.3 is 12.3 Å². The Kier molecular flexibility index (Phi) is 5.98. The molecule has 0 saturated carbocycles. The van der Waals surface area contributed by atoms with E-state index < -0.39 is 19.0 Å². The fourth-order valence-corrected chi connectivity index (χ4v) is 2.41. The average Bonchev–Trinajstić information content (AvgIpc) is 2.59. The Bertz CT molecular complexity index is 554. The van der Waals surface area contributed by atoms with Gasteiger partial charge in [-0.05, 0) is 26.0 Å². The summed E-state index contributed by atoms with van der Waals surface area (Å²) in [6, 6.07) is 2.83. The molecule has 9 heteroatoms.